The molecule has 1 heterocycles. The highest BCUT2D eigenvalue weighted by atomic mass is 16.4. The summed E-state index contributed by atoms with van der Waals surface area (Å²) in [5, 5.41) is 10.4. The molecule has 0 radical (unpaired) electrons. The van der Waals surface area contributed by atoms with E-state index in [-0.39, 0.29) is 11.4 Å². The number of hydrogen-bond donors (Lipinski definition) is 1. The molecule has 1 aromatic heterocycles. The summed E-state index contributed by atoms with van der Waals surface area (Å²) < 4.78 is 5.27. The first-order valence-corrected chi connectivity index (χ1v) is 6.45. The number of aryl methyl sites for hydroxylation is 1. The maximum Gasteiger partial charge on any atom is 0.339 e. The minimum absolute atomic E-state index is 0.122. The number of hydrogen-bond acceptors (Lipinski definition) is 3. The van der Waals surface area contributed by atoms with Crippen molar-refractivity contribution in [2.45, 2.75) is 39.5 Å². The SMILES string of the molecule is CCCCc1c(CC)c(=O)oc2cc(O)ccc12. The highest BCUT2D eigenvalue weighted by molar-refractivity contribution is 5.82. The van der Waals surface area contributed by atoms with Crippen LogP contribution < -0.4 is 5.63 Å². The quantitative estimate of drug-likeness (QED) is 0.841. The summed E-state index contributed by atoms with van der Waals surface area (Å²) in [7, 11) is 0. The summed E-state index contributed by atoms with van der Waals surface area (Å²) in [5.41, 5.74) is 2.04. The lowest BCUT2D eigenvalue weighted by Gasteiger charge is -2.10. The first-order valence-electron chi connectivity index (χ1n) is 6.45. The molecule has 0 aliphatic rings. The van der Waals surface area contributed by atoms with Crippen LogP contribution in [0, 0.1) is 0 Å². The molecule has 0 spiro atoms. The van der Waals surface area contributed by atoms with Gasteiger partial charge in [0.1, 0.15) is 11.3 Å². The lowest BCUT2D eigenvalue weighted by Crippen LogP contribution is -2.11. The third kappa shape index (κ3) is 2.26. The molecule has 0 amide bonds. The third-order valence-corrected chi connectivity index (χ3v) is 3.24. The van der Waals surface area contributed by atoms with Gasteiger partial charge in [0.15, 0.2) is 0 Å². The van der Waals surface area contributed by atoms with Crippen LogP contribution in [-0.4, -0.2) is 5.11 Å². The highest BCUT2D eigenvalue weighted by Crippen LogP contribution is 2.25. The Morgan fingerprint density at radius 2 is 2.00 bits per heavy atom. The van der Waals surface area contributed by atoms with E-state index in [0.717, 1.165) is 35.8 Å². The van der Waals surface area contributed by atoms with Crippen molar-refractivity contribution in [1.82, 2.24) is 0 Å². The van der Waals surface area contributed by atoms with Gasteiger partial charge in [-0.1, -0.05) is 20.3 Å². The highest BCUT2D eigenvalue weighted by Gasteiger charge is 2.13. The lowest BCUT2D eigenvalue weighted by molar-refractivity contribution is 0.472. The monoisotopic (exact) mass is 246 g/mol. The average Bonchev–Trinajstić information content (AvgIpc) is 2.35. The summed E-state index contributed by atoms with van der Waals surface area (Å²) in [6.45, 7) is 4.10. The molecule has 96 valence electrons. The van der Waals surface area contributed by atoms with Gasteiger partial charge in [-0.15, -0.1) is 0 Å². The number of aromatic hydroxyl groups is 1. The van der Waals surface area contributed by atoms with Crippen molar-refractivity contribution in [3.05, 3.63) is 39.7 Å². The maximum absolute atomic E-state index is 11.9. The van der Waals surface area contributed by atoms with Crippen LogP contribution in [0.15, 0.2) is 27.4 Å². The predicted octanol–water partition coefficient (Wildman–Crippen LogP) is 3.40. The normalized spacial score (nSPS) is 11.0. The number of phenols is 1. The van der Waals surface area contributed by atoms with E-state index in [2.05, 4.69) is 6.92 Å². The standard InChI is InChI=1S/C15H18O3/c1-3-5-6-12-11(4-2)15(17)18-14-9-10(16)7-8-13(12)14/h7-9,16H,3-6H2,1-2H3. The molecule has 0 unspecified atom stereocenters. The second-order valence-electron chi connectivity index (χ2n) is 4.48. The van der Waals surface area contributed by atoms with Gasteiger partial charge in [0, 0.05) is 17.0 Å². The molecule has 3 nitrogen and oxygen atoms in total. The fourth-order valence-electron chi connectivity index (χ4n) is 2.29. The maximum atomic E-state index is 11.9. The van der Waals surface area contributed by atoms with Crippen molar-refractivity contribution < 1.29 is 9.52 Å². The molecule has 0 fully saturated rings. The molecule has 0 saturated carbocycles. The number of fused-ring (bicyclic) bond motifs is 1. The molecular formula is C15H18O3. The fourth-order valence-corrected chi connectivity index (χ4v) is 2.29. The molecule has 0 aliphatic carbocycles. The van der Waals surface area contributed by atoms with Crippen LogP contribution in [0.1, 0.15) is 37.8 Å². The fraction of sp³-hybridized carbons (Fsp3) is 0.400. The molecule has 3 heteroatoms. The van der Waals surface area contributed by atoms with Gasteiger partial charge in [-0.25, -0.2) is 4.79 Å². The van der Waals surface area contributed by atoms with Crippen molar-refractivity contribution in [3.63, 3.8) is 0 Å². The zero-order valence-corrected chi connectivity index (χ0v) is 10.8. The Bertz CT molecular complexity index is 611. The molecule has 0 bridgehead atoms. The minimum Gasteiger partial charge on any atom is -0.508 e. The van der Waals surface area contributed by atoms with Crippen molar-refractivity contribution in [2.75, 3.05) is 0 Å². The smallest absolute Gasteiger partial charge is 0.339 e. The minimum atomic E-state index is -0.276. The molecule has 0 aliphatic heterocycles. The van der Waals surface area contributed by atoms with Crippen LogP contribution in [0.3, 0.4) is 0 Å². The molecule has 1 N–H and O–H groups in total. The van der Waals surface area contributed by atoms with Gasteiger partial charge in [-0.3, -0.25) is 0 Å². The number of unbranched alkanes of at least 4 members (excludes halogenated alkanes) is 1. The Morgan fingerprint density at radius 1 is 1.22 bits per heavy atom. The Morgan fingerprint density at radius 3 is 2.67 bits per heavy atom. The molecule has 1 aromatic carbocycles. The van der Waals surface area contributed by atoms with Crippen LogP contribution in [-0.2, 0) is 12.8 Å². The second-order valence-corrected chi connectivity index (χ2v) is 4.48. The summed E-state index contributed by atoms with van der Waals surface area (Å²) in [6, 6.07) is 4.97. The van der Waals surface area contributed by atoms with E-state index in [9.17, 15) is 9.90 Å². The van der Waals surface area contributed by atoms with Gasteiger partial charge >= 0.3 is 5.63 Å². The number of phenolic OH excluding ortho intramolecular Hbond substituents is 1. The average molecular weight is 246 g/mol. The summed E-state index contributed by atoms with van der Waals surface area (Å²) >= 11 is 0. The van der Waals surface area contributed by atoms with E-state index in [1.165, 1.54) is 6.07 Å². The Kier molecular flexibility index (Phi) is 3.70. The van der Waals surface area contributed by atoms with Gasteiger partial charge in [0.25, 0.3) is 0 Å². The van der Waals surface area contributed by atoms with Gasteiger partial charge in [-0.2, -0.15) is 0 Å². The molecule has 2 aromatic rings. The molecule has 2 rings (SSSR count). The van der Waals surface area contributed by atoms with Crippen LogP contribution in [0.5, 0.6) is 5.75 Å². The molecule has 0 atom stereocenters. The van der Waals surface area contributed by atoms with E-state index >= 15 is 0 Å². The summed E-state index contributed by atoms with van der Waals surface area (Å²) in [5.74, 6) is 0.122. The Labute approximate surface area is 106 Å². The van der Waals surface area contributed by atoms with Gasteiger partial charge in [0.05, 0.1) is 0 Å². The first-order chi connectivity index (χ1) is 8.67. The third-order valence-electron chi connectivity index (χ3n) is 3.24. The van der Waals surface area contributed by atoms with Crippen LogP contribution in [0.25, 0.3) is 11.0 Å². The number of benzene rings is 1. The van der Waals surface area contributed by atoms with Crippen LogP contribution in [0.2, 0.25) is 0 Å². The Balaban J connectivity index is 2.71. The number of rotatable bonds is 4. The zero-order chi connectivity index (χ0) is 13.1. The predicted molar refractivity (Wildman–Crippen MR) is 72.1 cm³/mol. The van der Waals surface area contributed by atoms with E-state index in [1.54, 1.807) is 6.07 Å². The van der Waals surface area contributed by atoms with Crippen LogP contribution in [0.4, 0.5) is 0 Å². The van der Waals surface area contributed by atoms with Crippen molar-refractivity contribution in [3.8, 4) is 5.75 Å². The topological polar surface area (TPSA) is 50.4 Å². The van der Waals surface area contributed by atoms with E-state index in [0.29, 0.717) is 12.0 Å². The van der Waals surface area contributed by atoms with E-state index < -0.39 is 0 Å². The van der Waals surface area contributed by atoms with Crippen molar-refractivity contribution >= 4 is 11.0 Å². The van der Waals surface area contributed by atoms with E-state index in [1.807, 2.05) is 13.0 Å². The van der Waals surface area contributed by atoms with Crippen molar-refractivity contribution in [2.24, 2.45) is 0 Å². The lowest BCUT2D eigenvalue weighted by atomic mass is 9.98. The molecule has 0 saturated heterocycles. The molecule has 18 heavy (non-hydrogen) atoms. The second kappa shape index (κ2) is 5.25. The Hall–Kier alpha value is -1.77. The zero-order valence-electron chi connectivity index (χ0n) is 10.8. The first kappa shape index (κ1) is 12.7. The summed E-state index contributed by atoms with van der Waals surface area (Å²) in [4.78, 5) is 11.9. The van der Waals surface area contributed by atoms with Gasteiger partial charge in [0.2, 0.25) is 0 Å². The van der Waals surface area contributed by atoms with E-state index in [4.69, 9.17) is 4.42 Å². The molecular weight excluding hydrogens is 228 g/mol. The van der Waals surface area contributed by atoms with Gasteiger partial charge < -0.3 is 9.52 Å². The van der Waals surface area contributed by atoms with Crippen molar-refractivity contribution in [1.29, 1.82) is 0 Å². The largest absolute Gasteiger partial charge is 0.508 e. The summed E-state index contributed by atoms with van der Waals surface area (Å²) in [6.07, 6.45) is 3.69. The van der Waals surface area contributed by atoms with Gasteiger partial charge in [-0.05, 0) is 37.0 Å². The van der Waals surface area contributed by atoms with Crippen LogP contribution >= 0.6 is 0 Å².